The molecule has 1 aromatic heterocycles. The van der Waals surface area contributed by atoms with Crippen molar-refractivity contribution in [3.05, 3.63) is 65.2 Å². The lowest BCUT2D eigenvalue weighted by atomic mass is 9.37. The molecule has 0 atom stereocenters. The molecular weight excluding hydrogens is 399 g/mol. The smallest absolute Gasteiger partial charge is 0.273 e. The van der Waals surface area contributed by atoms with Crippen LogP contribution in [0, 0.1) is 0 Å². The van der Waals surface area contributed by atoms with Crippen molar-refractivity contribution in [1.82, 2.24) is 0 Å². The van der Waals surface area contributed by atoms with Crippen LogP contribution < -0.4 is 25.2 Å². The maximum Gasteiger partial charge on any atom is 0.273 e. The highest BCUT2D eigenvalue weighted by molar-refractivity contribution is 7.33. The average molecular weight is 422 g/mol. The number of para-hydroxylation sites is 1. The Morgan fingerprint density at radius 2 is 1.74 bits per heavy atom. The molecule has 0 unspecified atom stereocenters. The van der Waals surface area contributed by atoms with Crippen molar-refractivity contribution in [3.63, 3.8) is 0 Å². The molecule has 0 amide bonds. The van der Waals surface area contributed by atoms with E-state index in [4.69, 9.17) is 9.47 Å². The van der Waals surface area contributed by atoms with E-state index in [-0.39, 0.29) is 12.1 Å². The summed E-state index contributed by atoms with van der Waals surface area (Å²) in [6.45, 7) is 6.99. The lowest BCUT2D eigenvalue weighted by Crippen LogP contribution is -2.56. The Morgan fingerprint density at radius 1 is 0.903 bits per heavy atom. The van der Waals surface area contributed by atoms with E-state index in [0.717, 1.165) is 35.8 Å². The van der Waals surface area contributed by atoms with Gasteiger partial charge < -0.3 is 9.47 Å². The van der Waals surface area contributed by atoms with Crippen LogP contribution in [0.25, 0.3) is 10.1 Å². The number of rotatable bonds is 0. The molecule has 4 heteroatoms. The third kappa shape index (κ3) is 2.40. The predicted molar refractivity (Wildman–Crippen MR) is 130 cm³/mol. The first-order valence-corrected chi connectivity index (χ1v) is 12.0. The Balaban J connectivity index is 1.55. The van der Waals surface area contributed by atoms with Gasteiger partial charge in [0.15, 0.2) is 0 Å². The number of fused-ring (bicyclic) bond motifs is 8. The van der Waals surface area contributed by atoms with Crippen LogP contribution in [0.3, 0.4) is 0 Å². The maximum atomic E-state index is 6.72. The quantitative estimate of drug-likeness (QED) is 0.305. The van der Waals surface area contributed by atoms with Gasteiger partial charge in [-0.15, -0.1) is 11.3 Å². The lowest BCUT2D eigenvalue weighted by Gasteiger charge is -2.32. The average Bonchev–Trinajstić information content (AvgIpc) is 3.37. The van der Waals surface area contributed by atoms with Crippen LogP contribution in [0.5, 0.6) is 23.0 Å². The predicted octanol–water partition coefficient (Wildman–Crippen LogP) is 5.42. The Bertz CT molecular complexity index is 1410. The van der Waals surface area contributed by atoms with Gasteiger partial charge in [-0.3, -0.25) is 0 Å². The van der Waals surface area contributed by atoms with Crippen molar-refractivity contribution in [2.45, 2.75) is 45.4 Å². The maximum absolute atomic E-state index is 6.72. The molecule has 0 N–H and O–H groups in total. The van der Waals surface area contributed by atoms with E-state index in [2.05, 4.69) is 69.3 Å². The second kappa shape index (κ2) is 5.95. The van der Waals surface area contributed by atoms with Crippen LogP contribution in [0.15, 0.2) is 48.5 Å². The van der Waals surface area contributed by atoms with Crippen LogP contribution >= 0.6 is 11.3 Å². The first-order valence-electron chi connectivity index (χ1n) is 11.2. The van der Waals surface area contributed by atoms with Gasteiger partial charge in [0, 0.05) is 20.3 Å². The molecule has 1 aliphatic carbocycles. The van der Waals surface area contributed by atoms with Gasteiger partial charge in [-0.25, -0.2) is 0 Å². The summed E-state index contributed by atoms with van der Waals surface area (Å²) in [7, 11) is 0. The number of ether oxygens (including phenoxy) is 2. The van der Waals surface area contributed by atoms with Crippen molar-refractivity contribution in [3.8, 4) is 23.0 Å². The van der Waals surface area contributed by atoms with Crippen molar-refractivity contribution >= 4 is 43.8 Å². The van der Waals surface area contributed by atoms with E-state index < -0.39 is 0 Å². The second-order valence-corrected chi connectivity index (χ2v) is 11.1. The van der Waals surface area contributed by atoms with E-state index in [1.165, 1.54) is 48.9 Å². The Morgan fingerprint density at radius 3 is 2.61 bits per heavy atom. The van der Waals surface area contributed by atoms with Crippen molar-refractivity contribution in [1.29, 1.82) is 0 Å². The SMILES string of the molecule is CC(C)(C)c1ccc2sc3c(c2c1)Oc1cc2c(c4c1B3c1ccccc1O4)CCC2. The second-order valence-electron chi connectivity index (χ2n) is 10.0. The van der Waals surface area contributed by atoms with Crippen LogP contribution in [0.4, 0.5) is 0 Å². The molecule has 0 bridgehead atoms. The molecule has 152 valence electrons. The zero-order chi connectivity index (χ0) is 20.9. The first kappa shape index (κ1) is 17.9. The molecule has 0 saturated heterocycles. The van der Waals surface area contributed by atoms with Gasteiger partial charge >= 0.3 is 0 Å². The van der Waals surface area contributed by atoms with E-state index in [9.17, 15) is 0 Å². The topological polar surface area (TPSA) is 18.5 Å². The fourth-order valence-electron chi connectivity index (χ4n) is 5.49. The number of thiophene rings is 1. The van der Waals surface area contributed by atoms with E-state index in [1.807, 2.05) is 11.3 Å². The summed E-state index contributed by atoms with van der Waals surface area (Å²) in [5, 5.41) is 1.24. The third-order valence-electron chi connectivity index (χ3n) is 7.09. The van der Waals surface area contributed by atoms with Crippen LogP contribution in [-0.4, -0.2) is 6.71 Å². The molecule has 3 heterocycles. The van der Waals surface area contributed by atoms with Crippen molar-refractivity contribution < 1.29 is 9.47 Å². The van der Waals surface area contributed by atoms with Crippen LogP contribution in [-0.2, 0) is 18.3 Å². The highest BCUT2D eigenvalue weighted by Crippen LogP contribution is 2.45. The van der Waals surface area contributed by atoms with Crippen LogP contribution in [0.1, 0.15) is 43.9 Å². The van der Waals surface area contributed by atoms with E-state index in [0.29, 0.717) is 0 Å². The summed E-state index contributed by atoms with van der Waals surface area (Å²) in [6.07, 6.45) is 3.40. The minimum Gasteiger partial charge on any atom is -0.458 e. The van der Waals surface area contributed by atoms with Gasteiger partial charge in [0.05, 0.1) is 0 Å². The molecule has 2 aliphatic heterocycles. The normalized spacial score (nSPS) is 15.6. The molecule has 0 spiro atoms. The highest BCUT2D eigenvalue weighted by Gasteiger charge is 2.44. The van der Waals surface area contributed by atoms with Gasteiger partial charge in [0.25, 0.3) is 6.71 Å². The third-order valence-corrected chi connectivity index (χ3v) is 8.31. The number of benzene rings is 3. The summed E-state index contributed by atoms with van der Waals surface area (Å²) in [5.74, 6) is 4.09. The molecule has 3 aromatic carbocycles. The van der Waals surface area contributed by atoms with Crippen molar-refractivity contribution in [2.24, 2.45) is 0 Å². The number of hydrogen-bond donors (Lipinski definition) is 0. The minimum absolute atomic E-state index is 0.106. The fraction of sp³-hybridized carbons (Fsp3) is 0.259. The summed E-state index contributed by atoms with van der Waals surface area (Å²) in [6, 6.07) is 17.7. The molecule has 7 rings (SSSR count). The molecule has 0 saturated carbocycles. The molecular formula is C27H23BO2S. The monoisotopic (exact) mass is 422 g/mol. The molecule has 2 nitrogen and oxygen atoms in total. The summed E-state index contributed by atoms with van der Waals surface area (Å²) < 4.78 is 15.9. The standard InChI is InChI=1S/C27H23BO2S/c1-27(2,3)16-11-12-22-18(14-16)25-26(31-22)28-19-9-4-5-10-20(19)29-24-17-8-6-7-15(17)13-21(30-25)23(24)28/h4-5,9-14H,6-8H2,1-3H3. The summed E-state index contributed by atoms with van der Waals surface area (Å²) in [5.41, 5.74) is 6.72. The minimum atomic E-state index is 0.106. The molecule has 31 heavy (non-hydrogen) atoms. The van der Waals surface area contributed by atoms with Gasteiger partial charge in [-0.1, -0.05) is 45.0 Å². The zero-order valence-electron chi connectivity index (χ0n) is 18.0. The largest absolute Gasteiger partial charge is 0.458 e. The molecule has 3 aliphatic rings. The van der Waals surface area contributed by atoms with E-state index >= 15 is 0 Å². The Kier molecular flexibility index (Phi) is 3.44. The summed E-state index contributed by atoms with van der Waals surface area (Å²) in [4.78, 5) is 0. The van der Waals surface area contributed by atoms with Gasteiger partial charge in [-0.2, -0.15) is 0 Å². The Hall–Kier alpha value is -2.72. The number of hydrogen-bond acceptors (Lipinski definition) is 3. The van der Waals surface area contributed by atoms with Crippen LogP contribution in [0.2, 0.25) is 0 Å². The Labute approximate surface area is 186 Å². The lowest BCUT2D eigenvalue weighted by molar-refractivity contribution is 0.464. The molecule has 0 radical (unpaired) electrons. The van der Waals surface area contributed by atoms with E-state index in [1.54, 1.807) is 0 Å². The van der Waals surface area contributed by atoms with Gasteiger partial charge in [0.1, 0.15) is 23.0 Å². The highest BCUT2D eigenvalue weighted by atomic mass is 32.1. The fourth-order valence-corrected chi connectivity index (χ4v) is 6.73. The molecule has 0 fully saturated rings. The summed E-state index contributed by atoms with van der Waals surface area (Å²) >= 11 is 1.87. The van der Waals surface area contributed by atoms with Gasteiger partial charge in [0.2, 0.25) is 0 Å². The zero-order valence-corrected chi connectivity index (χ0v) is 18.9. The first-order chi connectivity index (χ1) is 15.0. The van der Waals surface area contributed by atoms with Gasteiger partial charge in [-0.05, 0) is 71.1 Å². The van der Waals surface area contributed by atoms with Crippen molar-refractivity contribution in [2.75, 3.05) is 0 Å². The number of aryl methyl sites for hydroxylation is 1. The molecule has 4 aromatic rings.